The third-order valence-corrected chi connectivity index (χ3v) is 6.42. The number of hydrogen-bond donors (Lipinski definition) is 0. The smallest absolute Gasteiger partial charge is 0.176 e. The van der Waals surface area contributed by atoms with Crippen LogP contribution in [0.5, 0.6) is 11.5 Å². The van der Waals surface area contributed by atoms with E-state index >= 15 is 0 Å². The average Bonchev–Trinajstić information content (AvgIpc) is 3.36. The number of methoxy groups -OCH3 is 2. The molecule has 0 aliphatic carbocycles. The molecular weight excluding hydrogens is 384 g/mol. The first-order valence-electron chi connectivity index (χ1n) is 9.64. The Labute approximate surface area is 173 Å². The minimum Gasteiger partial charge on any atom is -0.497 e. The number of para-hydroxylation sites is 1. The summed E-state index contributed by atoms with van der Waals surface area (Å²) in [6, 6.07) is 16.2. The van der Waals surface area contributed by atoms with Gasteiger partial charge in [-0.25, -0.2) is 4.98 Å². The van der Waals surface area contributed by atoms with Crippen molar-refractivity contribution in [1.82, 2.24) is 9.88 Å². The van der Waals surface area contributed by atoms with E-state index in [1.165, 1.54) is 10.6 Å². The molecule has 1 aliphatic heterocycles. The van der Waals surface area contributed by atoms with Crippen molar-refractivity contribution in [3.05, 3.63) is 64.9 Å². The SMILES string of the molecule is COc1cccc(-c2nc3c(s2)CN(Cc2cc4cccc(OC)c4o2)CC3)c1. The first-order chi connectivity index (χ1) is 14.2. The van der Waals surface area contributed by atoms with E-state index in [-0.39, 0.29) is 0 Å². The molecular formula is C23H22N2O3S. The van der Waals surface area contributed by atoms with Crippen LogP contribution in [0.2, 0.25) is 0 Å². The van der Waals surface area contributed by atoms with Crippen LogP contribution in [0.4, 0.5) is 0 Å². The van der Waals surface area contributed by atoms with Gasteiger partial charge in [0.05, 0.1) is 26.5 Å². The Bertz CT molecular complexity index is 1160. The first kappa shape index (κ1) is 18.2. The topological polar surface area (TPSA) is 47.7 Å². The van der Waals surface area contributed by atoms with Gasteiger partial charge in [0.2, 0.25) is 0 Å². The maximum atomic E-state index is 6.09. The van der Waals surface area contributed by atoms with Crippen molar-refractivity contribution in [1.29, 1.82) is 0 Å². The van der Waals surface area contributed by atoms with Crippen molar-refractivity contribution >= 4 is 22.3 Å². The predicted octanol–water partition coefficient (Wildman–Crippen LogP) is 5.13. The lowest BCUT2D eigenvalue weighted by molar-refractivity contribution is 0.229. The van der Waals surface area contributed by atoms with Gasteiger partial charge in [-0.1, -0.05) is 24.3 Å². The van der Waals surface area contributed by atoms with Crippen LogP contribution in [0.3, 0.4) is 0 Å². The van der Waals surface area contributed by atoms with E-state index < -0.39 is 0 Å². The van der Waals surface area contributed by atoms with Crippen LogP contribution >= 0.6 is 11.3 Å². The molecule has 29 heavy (non-hydrogen) atoms. The van der Waals surface area contributed by atoms with Crippen LogP contribution in [0.25, 0.3) is 21.5 Å². The molecule has 0 saturated carbocycles. The summed E-state index contributed by atoms with van der Waals surface area (Å²) in [5.41, 5.74) is 3.15. The monoisotopic (exact) mass is 406 g/mol. The maximum absolute atomic E-state index is 6.09. The van der Waals surface area contributed by atoms with Gasteiger partial charge in [-0.15, -0.1) is 11.3 Å². The Balaban J connectivity index is 1.35. The summed E-state index contributed by atoms with van der Waals surface area (Å²) < 4.78 is 16.9. The molecule has 0 unspecified atom stereocenters. The van der Waals surface area contributed by atoms with E-state index in [0.717, 1.165) is 64.9 Å². The zero-order chi connectivity index (χ0) is 19.8. The van der Waals surface area contributed by atoms with Crippen LogP contribution in [-0.2, 0) is 19.5 Å². The molecule has 0 atom stereocenters. The number of furan rings is 1. The van der Waals surface area contributed by atoms with Crippen LogP contribution in [0, 0.1) is 0 Å². The summed E-state index contributed by atoms with van der Waals surface area (Å²) in [7, 11) is 3.37. The Morgan fingerprint density at radius 2 is 2.00 bits per heavy atom. The Kier molecular flexibility index (Phi) is 4.73. The minimum atomic E-state index is 0.778. The summed E-state index contributed by atoms with van der Waals surface area (Å²) in [5, 5.41) is 2.14. The quantitative estimate of drug-likeness (QED) is 0.460. The number of rotatable bonds is 5. The Hall–Kier alpha value is -2.83. The largest absolute Gasteiger partial charge is 0.497 e. The van der Waals surface area contributed by atoms with Gasteiger partial charge < -0.3 is 13.9 Å². The summed E-state index contributed by atoms with van der Waals surface area (Å²) >= 11 is 1.77. The zero-order valence-corrected chi connectivity index (χ0v) is 17.3. The summed E-state index contributed by atoms with van der Waals surface area (Å²) in [6.07, 6.45) is 0.958. The molecule has 0 saturated heterocycles. The highest BCUT2D eigenvalue weighted by atomic mass is 32.1. The minimum absolute atomic E-state index is 0.778. The maximum Gasteiger partial charge on any atom is 0.176 e. The molecule has 0 bridgehead atoms. The molecule has 0 amide bonds. The summed E-state index contributed by atoms with van der Waals surface area (Å²) in [6.45, 7) is 2.65. The lowest BCUT2D eigenvalue weighted by Gasteiger charge is -2.24. The van der Waals surface area contributed by atoms with Gasteiger partial charge >= 0.3 is 0 Å². The fourth-order valence-corrected chi connectivity index (χ4v) is 4.96. The first-order valence-corrected chi connectivity index (χ1v) is 10.5. The number of aromatic nitrogens is 1. The average molecular weight is 407 g/mol. The molecule has 0 radical (unpaired) electrons. The van der Waals surface area contributed by atoms with Crippen LogP contribution in [0.1, 0.15) is 16.3 Å². The van der Waals surface area contributed by atoms with Crippen LogP contribution < -0.4 is 9.47 Å². The van der Waals surface area contributed by atoms with E-state index in [1.54, 1.807) is 25.6 Å². The van der Waals surface area contributed by atoms with Crippen molar-refractivity contribution in [2.24, 2.45) is 0 Å². The van der Waals surface area contributed by atoms with Crippen molar-refractivity contribution in [3.8, 4) is 22.1 Å². The number of benzene rings is 2. The van der Waals surface area contributed by atoms with E-state index in [9.17, 15) is 0 Å². The highest BCUT2D eigenvalue weighted by Crippen LogP contribution is 2.34. The molecule has 0 spiro atoms. The molecule has 6 heteroatoms. The standard InChI is InChI=1S/C23H22N2O3S/c1-26-17-7-3-6-16(12-17)23-24-19-9-10-25(14-21(19)29-23)13-18-11-15-5-4-8-20(27-2)22(15)28-18/h3-8,11-12H,9-10,13-14H2,1-2H3. The Morgan fingerprint density at radius 3 is 2.86 bits per heavy atom. The van der Waals surface area contributed by atoms with Gasteiger partial charge in [0.1, 0.15) is 16.5 Å². The molecule has 5 rings (SSSR count). The molecule has 1 aliphatic rings. The van der Waals surface area contributed by atoms with E-state index in [2.05, 4.69) is 23.1 Å². The number of hydrogen-bond acceptors (Lipinski definition) is 6. The second-order valence-corrected chi connectivity index (χ2v) is 8.26. The van der Waals surface area contributed by atoms with Crippen molar-refractivity contribution in [3.63, 3.8) is 0 Å². The molecule has 3 heterocycles. The van der Waals surface area contributed by atoms with Gasteiger partial charge in [0.25, 0.3) is 0 Å². The van der Waals surface area contributed by atoms with Gasteiger partial charge in [0.15, 0.2) is 11.3 Å². The van der Waals surface area contributed by atoms with Gasteiger partial charge in [-0.2, -0.15) is 0 Å². The van der Waals surface area contributed by atoms with Gasteiger partial charge in [-0.3, -0.25) is 4.90 Å². The van der Waals surface area contributed by atoms with Gasteiger partial charge in [0, 0.05) is 35.3 Å². The fourth-order valence-electron chi connectivity index (χ4n) is 3.81. The highest BCUT2D eigenvalue weighted by Gasteiger charge is 2.22. The lowest BCUT2D eigenvalue weighted by Crippen LogP contribution is -2.29. The van der Waals surface area contributed by atoms with Gasteiger partial charge in [-0.05, 0) is 24.3 Å². The predicted molar refractivity (Wildman–Crippen MR) is 115 cm³/mol. The molecule has 0 fully saturated rings. The third-order valence-electron chi connectivity index (χ3n) is 5.29. The molecule has 2 aromatic carbocycles. The second-order valence-electron chi connectivity index (χ2n) is 7.17. The summed E-state index contributed by atoms with van der Waals surface area (Å²) in [4.78, 5) is 8.64. The van der Waals surface area contributed by atoms with Crippen LogP contribution in [0.15, 0.2) is 52.9 Å². The second kappa shape index (κ2) is 7.54. The fraction of sp³-hybridized carbons (Fsp3) is 0.261. The van der Waals surface area contributed by atoms with Crippen LogP contribution in [-0.4, -0.2) is 30.6 Å². The molecule has 4 aromatic rings. The van der Waals surface area contributed by atoms with Crippen molar-refractivity contribution < 1.29 is 13.9 Å². The number of fused-ring (bicyclic) bond motifs is 2. The van der Waals surface area contributed by atoms with Crippen molar-refractivity contribution in [2.45, 2.75) is 19.5 Å². The lowest BCUT2D eigenvalue weighted by atomic mass is 10.1. The molecule has 0 N–H and O–H groups in total. The number of thiazole rings is 1. The molecule has 5 nitrogen and oxygen atoms in total. The Morgan fingerprint density at radius 1 is 1.10 bits per heavy atom. The highest BCUT2D eigenvalue weighted by molar-refractivity contribution is 7.15. The number of ether oxygens (including phenoxy) is 2. The number of nitrogens with zero attached hydrogens (tertiary/aromatic N) is 2. The van der Waals surface area contributed by atoms with E-state index in [1.807, 2.05) is 30.3 Å². The van der Waals surface area contributed by atoms with Crippen molar-refractivity contribution in [2.75, 3.05) is 20.8 Å². The third kappa shape index (κ3) is 3.50. The zero-order valence-electron chi connectivity index (χ0n) is 16.5. The van der Waals surface area contributed by atoms with E-state index in [4.69, 9.17) is 18.9 Å². The normalized spacial score (nSPS) is 14.1. The molecule has 2 aromatic heterocycles. The molecule has 148 valence electrons. The van der Waals surface area contributed by atoms with E-state index in [0.29, 0.717) is 0 Å². The summed E-state index contributed by atoms with van der Waals surface area (Å²) in [5.74, 6) is 2.60.